The molecule has 124 valence electrons. The van der Waals surface area contributed by atoms with Gasteiger partial charge in [-0.1, -0.05) is 18.2 Å². The van der Waals surface area contributed by atoms with Crippen molar-refractivity contribution in [1.29, 1.82) is 0 Å². The van der Waals surface area contributed by atoms with E-state index in [2.05, 4.69) is 25.3 Å². The van der Waals surface area contributed by atoms with Crippen molar-refractivity contribution in [3.8, 4) is 0 Å². The second kappa shape index (κ2) is 5.75. The molecule has 2 aromatic carbocycles. The Morgan fingerprint density at radius 2 is 1.80 bits per heavy atom. The van der Waals surface area contributed by atoms with Crippen LogP contribution in [0, 0.1) is 0 Å². The van der Waals surface area contributed by atoms with Crippen LogP contribution in [-0.4, -0.2) is 31.8 Å². The van der Waals surface area contributed by atoms with Gasteiger partial charge in [-0.05, 0) is 24.3 Å². The average Bonchev–Trinajstić information content (AvgIpc) is 3.22. The first-order valence-corrected chi connectivity index (χ1v) is 7.62. The fourth-order valence-corrected chi connectivity index (χ4v) is 2.68. The molecule has 0 spiro atoms. The van der Waals surface area contributed by atoms with Gasteiger partial charge < -0.3 is 21.0 Å². The topological polar surface area (TPSA) is 130 Å². The lowest BCUT2D eigenvalue weighted by Gasteiger charge is -2.03. The van der Waals surface area contributed by atoms with E-state index in [9.17, 15) is 9.59 Å². The molecule has 8 heteroatoms. The number of aromatic amines is 2. The van der Waals surface area contributed by atoms with Crippen LogP contribution in [0.3, 0.4) is 0 Å². The van der Waals surface area contributed by atoms with Gasteiger partial charge in [-0.3, -0.25) is 9.59 Å². The third kappa shape index (κ3) is 2.69. The molecule has 25 heavy (non-hydrogen) atoms. The molecule has 4 aromatic rings. The Kier molecular flexibility index (Phi) is 3.42. The summed E-state index contributed by atoms with van der Waals surface area (Å²) >= 11 is 0. The Bertz CT molecular complexity index is 1080. The highest BCUT2D eigenvalue weighted by atomic mass is 16.2. The fourth-order valence-electron chi connectivity index (χ4n) is 2.68. The van der Waals surface area contributed by atoms with Gasteiger partial charge in [0.25, 0.3) is 11.8 Å². The van der Waals surface area contributed by atoms with E-state index < -0.39 is 5.91 Å². The Balaban J connectivity index is 1.58. The van der Waals surface area contributed by atoms with Gasteiger partial charge in [0.05, 0.1) is 28.7 Å². The number of nitrogens with one attached hydrogen (secondary N) is 3. The Labute approximate surface area is 141 Å². The summed E-state index contributed by atoms with van der Waals surface area (Å²) in [4.78, 5) is 38.2. The number of H-pyrrole nitrogens is 2. The smallest absolute Gasteiger partial charge is 0.284 e. The summed E-state index contributed by atoms with van der Waals surface area (Å²) in [6, 6.07) is 12.7. The maximum atomic E-state index is 12.5. The summed E-state index contributed by atoms with van der Waals surface area (Å²) in [5.74, 6) is -0.312. The van der Waals surface area contributed by atoms with Crippen LogP contribution in [0.25, 0.3) is 22.1 Å². The number of aromatic nitrogens is 4. The summed E-state index contributed by atoms with van der Waals surface area (Å²) in [5, 5.41) is 2.80. The van der Waals surface area contributed by atoms with Gasteiger partial charge in [0.15, 0.2) is 5.82 Å². The number of hydrogen-bond acceptors (Lipinski definition) is 4. The molecule has 0 aliphatic rings. The predicted octanol–water partition coefficient (Wildman–Crippen LogP) is 1.47. The number of carbonyl (C=O) groups is 2. The molecule has 0 radical (unpaired) electrons. The maximum absolute atomic E-state index is 12.5. The quantitative estimate of drug-likeness (QED) is 0.450. The number of amides is 2. The number of para-hydroxylation sites is 3. The van der Waals surface area contributed by atoms with Gasteiger partial charge in [-0.25, -0.2) is 9.97 Å². The third-order valence-corrected chi connectivity index (χ3v) is 3.85. The molecule has 0 bridgehead atoms. The van der Waals surface area contributed by atoms with Crippen molar-refractivity contribution in [2.24, 2.45) is 5.73 Å². The number of nitrogens with zero attached hydrogens (tertiary/aromatic N) is 2. The highest BCUT2D eigenvalue weighted by Gasteiger charge is 2.15. The number of benzene rings is 2. The highest BCUT2D eigenvalue weighted by Crippen LogP contribution is 2.17. The molecule has 2 amide bonds. The monoisotopic (exact) mass is 334 g/mol. The van der Waals surface area contributed by atoms with Crippen LogP contribution in [0.5, 0.6) is 0 Å². The number of fused-ring (bicyclic) bond motifs is 2. The van der Waals surface area contributed by atoms with Gasteiger partial charge in [0, 0.05) is 0 Å². The van der Waals surface area contributed by atoms with Crippen molar-refractivity contribution in [2.45, 2.75) is 6.54 Å². The maximum Gasteiger partial charge on any atom is 0.284 e. The molecule has 0 fully saturated rings. The van der Waals surface area contributed by atoms with Gasteiger partial charge >= 0.3 is 0 Å². The molecule has 0 aliphatic carbocycles. The molecule has 4 rings (SSSR count). The van der Waals surface area contributed by atoms with E-state index in [0.29, 0.717) is 22.4 Å². The number of nitrogens with two attached hydrogens (primary N) is 1. The van der Waals surface area contributed by atoms with E-state index >= 15 is 0 Å². The number of rotatable bonds is 4. The lowest BCUT2D eigenvalue weighted by molar-refractivity contribution is 0.0949. The predicted molar refractivity (Wildman–Crippen MR) is 91.9 cm³/mol. The van der Waals surface area contributed by atoms with Crippen molar-refractivity contribution in [1.82, 2.24) is 25.3 Å². The fraction of sp³-hybridized carbons (Fsp3) is 0.0588. The first-order chi connectivity index (χ1) is 12.1. The minimum atomic E-state index is -0.676. The molecule has 0 unspecified atom stereocenters. The number of primary amides is 1. The van der Waals surface area contributed by atoms with Gasteiger partial charge in [0.1, 0.15) is 11.3 Å². The normalized spacial score (nSPS) is 11.0. The second-order valence-electron chi connectivity index (χ2n) is 5.53. The Hall–Kier alpha value is -3.68. The van der Waals surface area contributed by atoms with Crippen LogP contribution in [0.4, 0.5) is 0 Å². The van der Waals surface area contributed by atoms with Crippen molar-refractivity contribution >= 4 is 33.9 Å². The Morgan fingerprint density at radius 3 is 2.60 bits per heavy atom. The van der Waals surface area contributed by atoms with E-state index in [0.717, 1.165) is 11.0 Å². The van der Waals surface area contributed by atoms with Crippen LogP contribution in [-0.2, 0) is 6.54 Å². The number of carbonyl (C=O) groups excluding carboxylic acids is 2. The van der Waals surface area contributed by atoms with E-state index in [1.54, 1.807) is 18.2 Å². The van der Waals surface area contributed by atoms with Crippen LogP contribution >= 0.6 is 0 Å². The van der Waals surface area contributed by atoms with Crippen molar-refractivity contribution in [3.05, 3.63) is 59.7 Å². The second-order valence-corrected chi connectivity index (χ2v) is 5.53. The summed E-state index contributed by atoms with van der Waals surface area (Å²) < 4.78 is 0. The van der Waals surface area contributed by atoms with Crippen LogP contribution in [0.2, 0.25) is 0 Å². The van der Waals surface area contributed by atoms with Gasteiger partial charge in [-0.15, -0.1) is 0 Å². The van der Waals surface area contributed by atoms with E-state index in [-0.39, 0.29) is 18.3 Å². The molecule has 2 aromatic heterocycles. The van der Waals surface area contributed by atoms with Crippen LogP contribution in [0.1, 0.15) is 26.8 Å². The van der Waals surface area contributed by atoms with Crippen molar-refractivity contribution < 1.29 is 9.59 Å². The summed E-state index contributed by atoms with van der Waals surface area (Å²) in [5.41, 5.74) is 8.31. The number of hydrogen-bond donors (Lipinski definition) is 4. The van der Waals surface area contributed by atoms with E-state index in [1.165, 1.54) is 0 Å². The molecular weight excluding hydrogens is 320 g/mol. The zero-order chi connectivity index (χ0) is 17.4. The molecular formula is C17H14N6O2. The first-order valence-electron chi connectivity index (χ1n) is 7.62. The van der Waals surface area contributed by atoms with Crippen LogP contribution < -0.4 is 11.1 Å². The zero-order valence-electron chi connectivity index (χ0n) is 13.0. The first kappa shape index (κ1) is 14.9. The highest BCUT2D eigenvalue weighted by molar-refractivity contribution is 6.06. The largest absolute Gasteiger partial charge is 0.363 e. The van der Waals surface area contributed by atoms with Crippen LogP contribution in [0.15, 0.2) is 42.5 Å². The van der Waals surface area contributed by atoms with Gasteiger partial charge in [0.2, 0.25) is 0 Å². The third-order valence-electron chi connectivity index (χ3n) is 3.85. The average molecular weight is 334 g/mol. The Morgan fingerprint density at radius 1 is 1.00 bits per heavy atom. The van der Waals surface area contributed by atoms with E-state index in [1.807, 2.05) is 24.3 Å². The van der Waals surface area contributed by atoms with E-state index in [4.69, 9.17) is 5.73 Å². The lowest BCUT2D eigenvalue weighted by atomic mass is 10.1. The standard InChI is InChI=1S/C17H14N6O2/c18-15(24)16-22-12-7-3-4-9(14(12)23-16)17(25)19-8-13-20-10-5-1-2-6-11(10)21-13/h1-7H,8H2,(H2,18,24)(H,19,25)(H,20,21)(H,22,23). The minimum Gasteiger partial charge on any atom is -0.363 e. The van der Waals surface area contributed by atoms with Crippen molar-refractivity contribution in [2.75, 3.05) is 0 Å². The molecule has 5 N–H and O–H groups in total. The number of imidazole rings is 2. The zero-order valence-corrected chi connectivity index (χ0v) is 13.0. The van der Waals surface area contributed by atoms with Gasteiger partial charge in [-0.2, -0.15) is 0 Å². The molecule has 2 heterocycles. The molecule has 0 aliphatic heterocycles. The molecule has 0 atom stereocenters. The summed E-state index contributed by atoms with van der Waals surface area (Å²) in [7, 11) is 0. The summed E-state index contributed by atoms with van der Waals surface area (Å²) in [6.45, 7) is 0.247. The van der Waals surface area contributed by atoms with Crippen molar-refractivity contribution in [3.63, 3.8) is 0 Å². The lowest BCUT2D eigenvalue weighted by Crippen LogP contribution is -2.23. The molecule has 8 nitrogen and oxygen atoms in total. The minimum absolute atomic E-state index is 0.0209. The summed E-state index contributed by atoms with van der Waals surface area (Å²) in [6.07, 6.45) is 0. The molecule has 0 saturated heterocycles. The SMILES string of the molecule is NC(=O)c1nc2c(C(=O)NCc3nc4ccccc4[nH]3)cccc2[nH]1. The molecule has 0 saturated carbocycles.